The van der Waals surface area contributed by atoms with Gasteiger partial charge in [0.15, 0.2) is 11.5 Å². The third-order valence-electron chi connectivity index (χ3n) is 3.62. The lowest BCUT2D eigenvalue weighted by Gasteiger charge is -2.20. The average molecular weight is 332 g/mol. The van der Waals surface area contributed by atoms with Crippen LogP contribution < -0.4 is 14.8 Å². The van der Waals surface area contributed by atoms with Gasteiger partial charge >= 0.3 is 5.69 Å². The Balaban J connectivity index is 1.75. The number of ether oxygens (including phenoxy) is 2. The first-order valence-electron chi connectivity index (χ1n) is 7.47. The van der Waals surface area contributed by atoms with E-state index in [1.165, 1.54) is 10.9 Å². The van der Waals surface area contributed by atoms with Crippen molar-refractivity contribution in [1.29, 1.82) is 0 Å². The zero-order valence-electron chi connectivity index (χ0n) is 13.0. The van der Waals surface area contributed by atoms with Gasteiger partial charge in [-0.05, 0) is 18.6 Å². The van der Waals surface area contributed by atoms with Crippen LogP contribution in [-0.2, 0) is 4.79 Å². The lowest BCUT2D eigenvalue weighted by molar-refractivity contribution is -0.385. The van der Waals surface area contributed by atoms with Crippen LogP contribution in [0.2, 0.25) is 0 Å². The van der Waals surface area contributed by atoms with Crippen LogP contribution >= 0.6 is 0 Å². The fourth-order valence-corrected chi connectivity index (χ4v) is 2.43. The van der Waals surface area contributed by atoms with Crippen molar-refractivity contribution in [3.8, 4) is 11.5 Å². The number of carbonyl (C=O) groups excluding carboxylic acids is 1. The molecule has 1 aliphatic heterocycles. The normalized spacial score (nSPS) is 14.0. The molecule has 24 heavy (non-hydrogen) atoms. The van der Waals surface area contributed by atoms with Crippen molar-refractivity contribution in [2.24, 2.45) is 0 Å². The van der Waals surface area contributed by atoms with Gasteiger partial charge in [-0.1, -0.05) is 6.92 Å². The number of benzene rings is 1. The van der Waals surface area contributed by atoms with Crippen LogP contribution in [0.1, 0.15) is 19.4 Å². The van der Waals surface area contributed by atoms with Gasteiger partial charge in [-0.3, -0.25) is 19.6 Å². The lowest BCUT2D eigenvalue weighted by Crippen LogP contribution is -2.26. The molecule has 0 radical (unpaired) electrons. The summed E-state index contributed by atoms with van der Waals surface area (Å²) in [5.41, 5.74) is 0.407. The topological polar surface area (TPSA) is 109 Å². The number of fused-ring (bicyclic) bond motifs is 1. The van der Waals surface area contributed by atoms with E-state index in [0.29, 0.717) is 36.8 Å². The molecule has 1 N–H and O–H groups in total. The van der Waals surface area contributed by atoms with E-state index in [-0.39, 0.29) is 11.6 Å². The van der Waals surface area contributed by atoms with Crippen LogP contribution in [0.5, 0.6) is 11.5 Å². The first-order valence-corrected chi connectivity index (χ1v) is 7.47. The van der Waals surface area contributed by atoms with Crippen molar-refractivity contribution in [1.82, 2.24) is 9.78 Å². The highest BCUT2D eigenvalue weighted by molar-refractivity contribution is 5.94. The number of nitrogens with zero attached hydrogens (tertiary/aromatic N) is 3. The Morgan fingerprint density at radius 3 is 2.83 bits per heavy atom. The average Bonchev–Trinajstić information content (AvgIpc) is 3.05. The van der Waals surface area contributed by atoms with Crippen molar-refractivity contribution in [3.63, 3.8) is 0 Å². The van der Waals surface area contributed by atoms with Gasteiger partial charge in [0.2, 0.25) is 5.91 Å². The third kappa shape index (κ3) is 3.14. The van der Waals surface area contributed by atoms with Crippen LogP contribution in [0.25, 0.3) is 0 Å². The number of nitrogens with one attached hydrogen (secondary N) is 1. The number of hydrogen-bond acceptors (Lipinski definition) is 6. The van der Waals surface area contributed by atoms with Gasteiger partial charge in [-0.2, -0.15) is 5.10 Å². The van der Waals surface area contributed by atoms with Gasteiger partial charge < -0.3 is 14.8 Å². The predicted molar refractivity (Wildman–Crippen MR) is 84.3 cm³/mol. The first kappa shape index (κ1) is 15.8. The molecule has 126 valence electrons. The fraction of sp³-hybridized carbons (Fsp3) is 0.333. The summed E-state index contributed by atoms with van der Waals surface area (Å²) in [6.45, 7) is 2.76. The molecule has 0 saturated heterocycles. The van der Waals surface area contributed by atoms with Crippen molar-refractivity contribution in [2.75, 3.05) is 18.5 Å². The third-order valence-corrected chi connectivity index (χ3v) is 3.62. The maximum Gasteiger partial charge on any atom is 0.307 e. The first-order chi connectivity index (χ1) is 11.6. The molecular weight excluding hydrogens is 316 g/mol. The molecule has 0 spiro atoms. The summed E-state index contributed by atoms with van der Waals surface area (Å²) in [5, 5.41) is 17.4. The lowest BCUT2D eigenvalue weighted by atomic mass is 10.2. The van der Waals surface area contributed by atoms with Gasteiger partial charge in [0.1, 0.15) is 31.6 Å². The molecule has 0 bridgehead atoms. The van der Waals surface area contributed by atoms with Crippen LogP contribution in [0, 0.1) is 10.1 Å². The Hall–Kier alpha value is -3.10. The minimum absolute atomic E-state index is 0.152. The second kappa shape index (κ2) is 6.57. The molecule has 9 heteroatoms. The monoisotopic (exact) mass is 332 g/mol. The predicted octanol–water partition coefficient (Wildman–Crippen LogP) is 2.15. The SMILES string of the molecule is CCC(C(=O)Nc1ccc2c(c1)OCCO2)n1cc([N+](=O)[O-])cn1. The van der Waals surface area contributed by atoms with E-state index in [0.717, 1.165) is 6.20 Å². The van der Waals surface area contributed by atoms with Crippen molar-refractivity contribution in [3.05, 3.63) is 40.7 Å². The fourth-order valence-electron chi connectivity index (χ4n) is 2.43. The molecule has 0 saturated carbocycles. The Bertz CT molecular complexity index is 773. The molecule has 1 aromatic heterocycles. The van der Waals surface area contributed by atoms with Gasteiger partial charge in [-0.15, -0.1) is 0 Å². The summed E-state index contributed by atoms with van der Waals surface area (Å²) in [6, 6.07) is 4.48. The number of hydrogen-bond donors (Lipinski definition) is 1. The van der Waals surface area contributed by atoms with Crippen LogP contribution in [0.4, 0.5) is 11.4 Å². The number of rotatable bonds is 5. The zero-order chi connectivity index (χ0) is 17.1. The Morgan fingerprint density at radius 2 is 2.17 bits per heavy atom. The summed E-state index contributed by atoms with van der Waals surface area (Å²) in [6.07, 6.45) is 2.81. The van der Waals surface area contributed by atoms with E-state index < -0.39 is 11.0 Å². The molecule has 0 fully saturated rings. The summed E-state index contributed by atoms with van der Waals surface area (Å²) in [7, 11) is 0. The minimum Gasteiger partial charge on any atom is -0.486 e. The van der Waals surface area contributed by atoms with E-state index in [1.54, 1.807) is 18.2 Å². The molecule has 1 aliphatic rings. The maximum atomic E-state index is 12.5. The highest BCUT2D eigenvalue weighted by atomic mass is 16.6. The quantitative estimate of drug-likeness (QED) is 0.664. The summed E-state index contributed by atoms with van der Waals surface area (Å²) >= 11 is 0. The van der Waals surface area contributed by atoms with Crippen molar-refractivity contribution < 1.29 is 19.2 Å². The number of carbonyl (C=O) groups is 1. The maximum absolute atomic E-state index is 12.5. The number of anilines is 1. The van der Waals surface area contributed by atoms with E-state index in [1.807, 2.05) is 6.92 Å². The smallest absolute Gasteiger partial charge is 0.307 e. The molecule has 3 rings (SSSR count). The molecular formula is C15H16N4O5. The molecule has 9 nitrogen and oxygen atoms in total. The van der Waals surface area contributed by atoms with Crippen molar-refractivity contribution >= 4 is 17.3 Å². The molecule has 2 aromatic rings. The molecule has 1 amide bonds. The number of nitro groups is 1. The van der Waals surface area contributed by atoms with Gasteiger partial charge in [0.05, 0.1) is 4.92 Å². The molecule has 1 unspecified atom stereocenters. The van der Waals surface area contributed by atoms with E-state index in [9.17, 15) is 14.9 Å². The minimum atomic E-state index is -0.646. The second-order valence-corrected chi connectivity index (χ2v) is 5.21. The summed E-state index contributed by atoms with van der Waals surface area (Å²) in [5.74, 6) is 0.892. The molecule has 1 atom stereocenters. The summed E-state index contributed by atoms with van der Waals surface area (Å²) < 4.78 is 12.2. The second-order valence-electron chi connectivity index (χ2n) is 5.21. The molecule has 0 aliphatic carbocycles. The van der Waals surface area contributed by atoms with E-state index in [2.05, 4.69) is 10.4 Å². The van der Waals surface area contributed by atoms with Crippen LogP contribution in [-0.4, -0.2) is 33.8 Å². The zero-order valence-corrected chi connectivity index (χ0v) is 13.0. The Kier molecular flexibility index (Phi) is 4.32. The van der Waals surface area contributed by atoms with Gasteiger partial charge in [0, 0.05) is 11.8 Å². The highest BCUT2D eigenvalue weighted by Gasteiger charge is 2.22. The number of amides is 1. The Morgan fingerprint density at radius 1 is 1.42 bits per heavy atom. The van der Waals surface area contributed by atoms with Crippen molar-refractivity contribution in [2.45, 2.75) is 19.4 Å². The van der Waals surface area contributed by atoms with Crippen LogP contribution in [0.15, 0.2) is 30.6 Å². The molecule has 2 heterocycles. The number of aromatic nitrogens is 2. The standard InChI is InChI=1S/C15H16N4O5/c1-2-12(18-9-11(8-16-18)19(21)22)15(20)17-10-3-4-13-14(7-10)24-6-5-23-13/h3-4,7-9,12H,2,5-6H2,1H3,(H,17,20). The van der Waals surface area contributed by atoms with E-state index >= 15 is 0 Å². The van der Waals surface area contributed by atoms with Crippen LogP contribution in [0.3, 0.4) is 0 Å². The Labute approximate surface area is 137 Å². The summed E-state index contributed by atoms with van der Waals surface area (Å²) in [4.78, 5) is 22.7. The molecule has 1 aromatic carbocycles. The largest absolute Gasteiger partial charge is 0.486 e. The van der Waals surface area contributed by atoms with Gasteiger partial charge in [-0.25, -0.2) is 0 Å². The highest BCUT2D eigenvalue weighted by Crippen LogP contribution is 2.32. The van der Waals surface area contributed by atoms with Gasteiger partial charge in [0.25, 0.3) is 0 Å². The van der Waals surface area contributed by atoms with E-state index in [4.69, 9.17) is 9.47 Å².